The molecule has 100 valence electrons. The smallest absolute Gasteiger partial charge is 0.221 e. The lowest BCUT2D eigenvalue weighted by Gasteiger charge is -1.99. The van der Waals surface area contributed by atoms with Crippen molar-refractivity contribution in [3.63, 3.8) is 0 Å². The first-order valence-corrected chi connectivity index (χ1v) is 6.20. The quantitative estimate of drug-likeness (QED) is 0.659. The van der Waals surface area contributed by atoms with E-state index in [-0.39, 0.29) is 5.96 Å². The first-order valence-electron chi connectivity index (χ1n) is 6.20. The largest absolute Gasteiger partial charge is 0.383 e. The molecular weight excluding hydrogens is 248 g/mol. The van der Waals surface area contributed by atoms with Crippen molar-refractivity contribution in [3.8, 4) is 0 Å². The highest BCUT2D eigenvalue weighted by Gasteiger charge is 1.96. The summed E-state index contributed by atoms with van der Waals surface area (Å²) in [4.78, 5) is 8.08. The minimum Gasteiger partial charge on any atom is -0.383 e. The van der Waals surface area contributed by atoms with Crippen LogP contribution in [0.1, 0.15) is 11.1 Å². The Morgan fingerprint density at radius 2 is 1.45 bits per heavy atom. The zero-order chi connectivity index (χ0) is 14.2. The minimum absolute atomic E-state index is 0.124. The molecular formula is C16H16N4. The Labute approximate surface area is 118 Å². The van der Waals surface area contributed by atoms with Crippen molar-refractivity contribution in [2.75, 3.05) is 0 Å². The van der Waals surface area contributed by atoms with Gasteiger partial charge in [-0.15, -0.1) is 0 Å². The summed E-state index contributed by atoms with van der Waals surface area (Å²) in [6, 6.07) is 19.2. The highest BCUT2D eigenvalue weighted by molar-refractivity contribution is 6.04. The molecule has 0 aliphatic heterocycles. The summed E-state index contributed by atoms with van der Waals surface area (Å²) in [6.45, 7) is 0. The maximum absolute atomic E-state index is 5.84. The summed E-state index contributed by atoms with van der Waals surface area (Å²) < 4.78 is 0. The fraction of sp³-hybridized carbons (Fsp3) is 0. The Kier molecular flexibility index (Phi) is 4.67. The third kappa shape index (κ3) is 4.10. The first kappa shape index (κ1) is 13.5. The molecule has 4 nitrogen and oxygen atoms in total. The molecule has 0 bridgehead atoms. The fourth-order valence-electron chi connectivity index (χ4n) is 1.59. The standard InChI is InChI=1S/C16H16N4/c17-15(14-9-5-2-6-10-14)20-16(18)19-12-11-13-7-3-1-4-8-13/h1-12H,(H4,17,18,19,20)/b12-11+. The Morgan fingerprint density at radius 3 is 2.10 bits per heavy atom. The molecule has 0 radical (unpaired) electrons. The predicted octanol–water partition coefficient (Wildman–Crippen LogP) is 2.38. The van der Waals surface area contributed by atoms with Gasteiger partial charge in [0.25, 0.3) is 0 Å². The number of nitrogens with zero attached hydrogens (tertiary/aromatic N) is 2. The van der Waals surface area contributed by atoms with Gasteiger partial charge in [-0.05, 0) is 11.6 Å². The third-order valence-electron chi connectivity index (χ3n) is 2.58. The SMILES string of the molecule is NC(=N/C=C/c1ccccc1)/N=C(\N)c1ccccc1. The lowest BCUT2D eigenvalue weighted by molar-refractivity contribution is 1.41. The highest BCUT2D eigenvalue weighted by atomic mass is 15.1. The van der Waals surface area contributed by atoms with Crippen LogP contribution in [0.2, 0.25) is 0 Å². The molecule has 0 saturated heterocycles. The second kappa shape index (κ2) is 6.89. The zero-order valence-corrected chi connectivity index (χ0v) is 11.0. The van der Waals surface area contributed by atoms with Crippen molar-refractivity contribution in [3.05, 3.63) is 78.0 Å². The summed E-state index contributed by atoms with van der Waals surface area (Å²) >= 11 is 0. The molecule has 4 N–H and O–H groups in total. The van der Waals surface area contributed by atoms with Gasteiger partial charge in [0, 0.05) is 11.8 Å². The molecule has 0 aliphatic carbocycles. The molecule has 0 amide bonds. The van der Waals surface area contributed by atoms with Gasteiger partial charge in [0.15, 0.2) is 0 Å². The molecule has 2 aromatic carbocycles. The van der Waals surface area contributed by atoms with Gasteiger partial charge in [-0.3, -0.25) is 0 Å². The van der Waals surface area contributed by atoms with E-state index in [0.29, 0.717) is 5.84 Å². The number of benzene rings is 2. The van der Waals surface area contributed by atoms with Crippen LogP contribution >= 0.6 is 0 Å². The van der Waals surface area contributed by atoms with Crippen molar-refractivity contribution in [1.82, 2.24) is 0 Å². The minimum atomic E-state index is 0.124. The van der Waals surface area contributed by atoms with Gasteiger partial charge >= 0.3 is 0 Å². The monoisotopic (exact) mass is 264 g/mol. The van der Waals surface area contributed by atoms with E-state index < -0.39 is 0 Å². The van der Waals surface area contributed by atoms with E-state index >= 15 is 0 Å². The molecule has 0 atom stereocenters. The van der Waals surface area contributed by atoms with Crippen LogP contribution in [0.5, 0.6) is 0 Å². The van der Waals surface area contributed by atoms with Crippen molar-refractivity contribution < 1.29 is 0 Å². The summed E-state index contributed by atoms with van der Waals surface area (Å²) in [5.41, 5.74) is 13.4. The molecule has 0 aromatic heterocycles. The van der Waals surface area contributed by atoms with E-state index in [0.717, 1.165) is 11.1 Å². The van der Waals surface area contributed by atoms with Crippen LogP contribution in [0, 0.1) is 0 Å². The topological polar surface area (TPSA) is 76.8 Å². The van der Waals surface area contributed by atoms with Gasteiger partial charge in [0.2, 0.25) is 5.96 Å². The second-order valence-electron chi connectivity index (χ2n) is 4.08. The Morgan fingerprint density at radius 1 is 0.850 bits per heavy atom. The lowest BCUT2D eigenvalue weighted by Crippen LogP contribution is -2.19. The van der Waals surface area contributed by atoms with Gasteiger partial charge < -0.3 is 11.5 Å². The Bertz CT molecular complexity index is 628. The number of rotatable bonds is 3. The lowest BCUT2D eigenvalue weighted by atomic mass is 10.2. The number of aliphatic imine (C=N–C) groups is 2. The van der Waals surface area contributed by atoms with Crippen molar-refractivity contribution in [2.45, 2.75) is 0 Å². The number of amidine groups is 1. The molecule has 0 fully saturated rings. The molecule has 0 saturated carbocycles. The number of guanidine groups is 1. The van der Waals surface area contributed by atoms with Gasteiger partial charge in [-0.1, -0.05) is 60.7 Å². The van der Waals surface area contributed by atoms with Crippen molar-refractivity contribution in [2.24, 2.45) is 21.5 Å². The van der Waals surface area contributed by atoms with Crippen molar-refractivity contribution >= 4 is 17.9 Å². The number of hydrogen-bond acceptors (Lipinski definition) is 1. The maximum atomic E-state index is 5.84. The average molecular weight is 264 g/mol. The normalized spacial score (nSPS) is 12.8. The van der Waals surface area contributed by atoms with Gasteiger partial charge in [-0.2, -0.15) is 4.99 Å². The summed E-state index contributed by atoms with van der Waals surface area (Å²) in [6.07, 6.45) is 3.45. The van der Waals surface area contributed by atoms with Gasteiger partial charge in [0.05, 0.1) is 0 Å². The fourth-order valence-corrected chi connectivity index (χ4v) is 1.59. The van der Waals surface area contributed by atoms with Crippen LogP contribution in [-0.4, -0.2) is 11.8 Å². The molecule has 0 spiro atoms. The van der Waals surface area contributed by atoms with E-state index in [1.807, 2.05) is 66.7 Å². The van der Waals surface area contributed by atoms with E-state index in [1.165, 1.54) is 0 Å². The van der Waals surface area contributed by atoms with Gasteiger partial charge in [0.1, 0.15) is 5.84 Å². The van der Waals surface area contributed by atoms with Crippen LogP contribution in [0.4, 0.5) is 0 Å². The van der Waals surface area contributed by atoms with Gasteiger partial charge in [-0.25, -0.2) is 4.99 Å². The van der Waals surface area contributed by atoms with E-state index in [9.17, 15) is 0 Å². The van der Waals surface area contributed by atoms with E-state index in [4.69, 9.17) is 11.5 Å². The zero-order valence-electron chi connectivity index (χ0n) is 11.0. The van der Waals surface area contributed by atoms with E-state index in [2.05, 4.69) is 9.98 Å². The van der Waals surface area contributed by atoms with Crippen LogP contribution < -0.4 is 11.5 Å². The molecule has 2 rings (SSSR count). The maximum Gasteiger partial charge on any atom is 0.221 e. The predicted molar refractivity (Wildman–Crippen MR) is 84.3 cm³/mol. The van der Waals surface area contributed by atoms with Crippen LogP contribution in [-0.2, 0) is 0 Å². The number of hydrogen-bond donors (Lipinski definition) is 2. The number of nitrogens with two attached hydrogens (primary N) is 2. The molecule has 2 aromatic rings. The molecule has 4 heteroatoms. The van der Waals surface area contributed by atoms with Crippen LogP contribution in [0.25, 0.3) is 6.08 Å². The van der Waals surface area contributed by atoms with Crippen molar-refractivity contribution in [1.29, 1.82) is 0 Å². The van der Waals surface area contributed by atoms with Crippen LogP contribution in [0.15, 0.2) is 76.8 Å². The summed E-state index contributed by atoms with van der Waals surface area (Å²) in [7, 11) is 0. The molecule has 0 unspecified atom stereocenters. The summed E-state index contributed by atoms with van der Waals surface area (Å²) in [5, 5.41) is 0. The average Bonchev–Trinajstić information content (AvgIpc) is 2.49. The highest BCUT2D eigenvalue weighted by Crippen LogP contribution is 2.01. The Hall–Kier alpha value is -2.88. The molecule has 0 heterocycles. The second-order valence-corrected chi connectivity index (χ2v) is 4.08. The Balaban J connectivity index is 2.06. The third-order valence-corrected chi connectivity index (χ3v) is 2.58. The molecule has 0 aliphatic rings. The van der Waals surface area contributed by atoms with Crippen LogP contribution in [0.3, 0.4) is 0 Å². The summed E-state index contributed by atoms with van der Waals surface area (Å²) in [5.74, 6) is 0.471. The first-order chi connectivity index (χ1) is 9.75. The molecule has 20 heavy (non-hydrogen) atoms. The van der Waals surface area contributed by atoms with E-state index in [1.54, 1.807) is 6.20 Å².